The molecule has 0 aliphatic heterocycles. The minimum Gasteiger partial charge on any atom is -0.342 e. The van der Waals surface area contributed by atoms with E-state index >= 15 is 0 Å². The Morgan fingerprint density at radius 2 is 2.07 bits per heavy atom. The lowest BCUT2D eigenvalue weighted by molar-refractivity contribution is 0.472. The molecule has 3 N–H and O–H groups in total. The zero-order valence-corrected chi connectivity index (χ0v) is 9.25. The summed E-state index contributed by atoms with van der Waals surface area (Å²) in [6.07, 6.45) is 1.84. The summed E-state index contributed by atoms with van der Waals surface area (Å²) in [5, 5.41) is 0. The summed E-state index contributed by atoms with van der Waals surface area (Å²) >= 11 is 0. The minimum absolute atomic E-state index is 0.126. The SMILES string of the molecule is CC(C)(N)CCc1nc2ccccc2[nH]1. The third-order valence-corrected chi connectivity index (χ3v) is 2.44. The lowest BCUT2D eigenvalue weighted by Crippen LogP contribution is -2.32. The largest absolute Gasteiger partial charge is 0.342 e. The molecule has 1 heterocycles. The Morgan fingerprint density at radius 3 is 2.73 bits per heavy atom. The number of nitrogens with two attached hydrogens (primary N) is 1. The lowest BCUT2D eigenvalue weighted by atomic mass is 10.0. The first-order chi connectivity index (χ1) is 7.04. The number of rotatable bonds is 3. The van der Waals surface area contributed by atoms with Crippen molar-refractivity contribution in [2.75, 3.05) is 0 Å². The van der Waals surface area contributed by atoms with Crippen LogP contribution in [-0.2, 0) is 6.42 Å². The number of fused-ring (bicyclic) bond motifs is 1. The van der Waals surface area contributed by atoms with Crippen LogP contribution in [0.3, 0.4) is 0 Å². The fourth-order valence-corrected chi connectivity index (χ4v) is 1.56. The quantitative estimate of drug-likeness (QED) is 0.803. The number of aromatic amines is 1. The zero-order chi connectivity index (χ0) is 10.9. The highest BCUT2D eigenvalue weighted by Crippen LogP contribution is 2.13. The monoisotopic (exact) mass is 203 g/mol. The Bertz CT molecular complexity index is 418. The van der Waals surface area contributed by atoms with E-state index in [1.54, 1.807) is 0 Å². The second-order valence-corrected chi connectivity index (χ2v) is 4.69. The van der Waals surface area contributed by atoms with Crippen LogP contribution in [0.4, 0.5) is 0 Å². The number of hydrogen-bond acceptors (Lipinski definition) is 2. The van der Waals surface area contributed by atoms with Crippen LogP contribution in [0.15, 0.2) is 24.3 Å². The van der Waals surface area contributed by atoms with E-state index in [4.69, 9.17) is 5.73 Å². The molecule has 0 atom stereocenters. The van der Waals surface area contributed by atoms with E-state index in [0.29, 0.717) is 0 Å². The van der Waals surface area contributed by atoms with Crippen LogP contribution in [0.2, 0.25) is 0 Å². The molecule has 0 bridgehead atoms. The summed E-state index contributed by atoms with van der Waals surface area (Å²) in [6, 6.07) is 8.07. The highest BCUT2D eigenvalue weighted by molar-refractivity contribution is 5.74. The first-order valence-electron chi connectivity index (χ1n) is 5.27. The van der Waals surface area contributed by atoms with Gasteiger partial charge in [0.1, 0.15) is 5.82 Å². The molecule has 15 heavy (non-hydrogen) atoms. The van der Waals surface area contributed by atoms with Gasteiger partial charge in [-0.25, -0.2) is 4.98 Å². The summed E-state index contributed by atoms with van der Waals surface area (Å²) in [4.78, 5) is 7.81. The molecule has 0 aliphatic rings. The summed E-state index contributed by atoms with van der Waals surface area (Å²) in [5.41, 5.74) is 7.94. The Kier molecular flexibility index (Phi) is 2.49. The molecule has 1 aromatic carbocycles. The van der Waals surface area contributed by atoms with Crippen LogP contribution in [0, 0.1) is 0 Å². The van der Waals surface area contributed by atoms with Gasteiger partial charge in [0.2, 0.25) is 0 Å². The minimum atomic E-state index is -0.126. The van der Waals surface area contributed by atoms with E-state index in [-0.39, 0.29) is 5.54 Å². The molecule has 3 heteroatoms. The van der Waals surface area contributed by atoms with E-state index in [2.05, 4.69) is 9.97 Å². The van der Waals surface area contributed by atoms with Gasteiger partial charge < -0.3 is 10.7 Å². The van der Waals surface area contributed by atoms with Crippen LogP contribution >= 0.6 is 0 Å². The summed E-state index contributed by atoms with van der Waals surface area (Å²) in [6.45, 7) is 4.07. The molecule has 0 unspecified atom stereocenters. The molecule has 0 amide bonds. The normalized spacial score (nSPS) is 12.2. The van der Waals surface area contributed by atoms with Gasteiger partial charge in [-0.05, 0) is 32.4 Å². The Labute approximate surface area is 89.7 Å². The van der Waals surface area contributed by atoms with Crippen molar-refractivity contribution in [2.45, 2.75) is 32.2 Å². The summed E-state index contributed by atoms with van der Waals surface area (Å²) in [5.74, 6) is 1.02. The van der Waals surface area contributed by atoms with Gasteiger partial charge in [-0.15, -0.1) is 0 Å². The molecule has 0 spiro atoms. The van der Waals surface area contributed by atoms with Gasteiger partial charge in [0.05, 0.1) is 11.0 Å². The predicted molar refractivity (Wildman–Crippen MR) is 62.7 cm³/mol. The van der Waals surface area contributed by atoms with Crippen molar-refractivity contribution in [2.24, 2.45) is 5.73 Å². The molecule has 0 radical (unpaired) electrons. The van der Waals surface area contributed by atoms with Crippen molar-refractivity contribution in [1.29, 1.82) is 0 Å². The topological polar surface area (TPSA) is 54.7 Å². The molecule has 0 saturated carbocycles. The number of benzene rings is 1. The number of H-pyrrole nitrogens is 1. The van der Waals surface area contributed by atoms with Crippen molar-refractivity contribution < 1.29 is 0 Å². The van der Waals surface area contributed by atoms with Crippen molar-refractivity contribution in [1.82, 2.24) is 9.97 Å². The van der Waals surface area contributed by atoms with Gasteiger partial charge in [0.25, 0.3) is 0 Å². The van der Waals surface area contributed by atoms with Gasteiger partial charge in [-0.2, -0.15) is 0 Å². The molecule has 1 aromatic heterocycles. The molecule has 2 rings (SSSR count). The number of nitrogens with zero attached hydrogens (tertiary/aromatic N) is 1. The average Bonchev–Trinajstić information content (AvgIpc) is 2.56. The maximum atomic E-state index is 5.94. The van der Waals surface area contributed by atoms with Crippen LogP contribution in [0.5, 0.6) is 0 Å². The first kappa shape index (κ1) is 10.2. The van der Waals surface area contributed by atoms with Gasteiger partial charge in [-0.1, -0.05) is 12.1 Å². The van der Waals surface area contributed by atoms with Gasteiger partial charge in [0.15, 0.2) is 0 Å². The maximum absolute atomic E-state index is 5.94. The van der Waals surface area contributed by atoms with Crippen molar-refractivity contribution in [3.05, 3.63) is 30.1 Å². The first-order valence-corrected chi connectivity index (χ1v) is 5.27. The Hall–Kier alpha value is -1.35. The number of imidazole rings is 1. The van der Waals surface area contributed by atoms with Gasteiger partial charge >= 0.3 is 0 Å². The molecule has 2 aromatic rings. The molecule has 0 aliphatic carbocycles. The third-order valence-electron chi connectivity index (χ3n) is 2.44. The van der Waals surface area contributed by atoms with Crippen LogP contribution in [-0.4, -0.2) is 15.5 Å². The molecular formula is C12H17N3. The van der Waals surface area contributed by atoms with Crippen LogP contribution in [0.1, 0.15) is 26.1 Å². The van der Waals surface area contributed by atoms with E-state index in [9.17, 15) is 0 Å². The number of para-hydroxylation sites is 2. The van der Waals surface area contributed by atoms with E-state index in [1.807, 2.05) is 38.1 Å². The highest BCUT2D eigenvalue weighted by atomic mass is 14.9. The number of aryl methyl sites for hydroxylation is 1. The number of nitrogens with one attached hydrogen (secondary N) is 1. The summed E-state index contributed by atoms with van der Waals surface area (Å²) < 4.78 is 0. The second kappa shape index (κ2) is 3.66. The molecule has 0 saturated heterocycles. The van der Waals surface area contributed by atoms with E-state index < -0.39 is 0 Å². The number of aromatic nitrogens is 2. The molecular weight excluding hydrogens is 186 g/mol. The lowest BCUT2D eigenvalue weighted by Gasteiger charge is -2.16. The Morgan fingerprint density at radius 1 is 1.33 bits per heavy atom. The fourth-order valence-electron chi connectivity index (χ4n) is 1.56. The van der Waals surface area contributed by atoms with Crippen molar-refractivity contribution in [3.63, 3.8) is 0 Å². The zero-order valence-electron chi connectivity index (χ0n) is 9.25. The summed E-state index contributed by atoms with van der Waals surface area (Å²) in [7, 11) is 0. The van der Waals surface area contributed by atoms with E-state index in [1.165, 1.54) is 0 Å². The van der Waals surface area contributed by atoms with Crippen LogP contribution < -0.4 is 5.73 Å². The standard InChI is InChI=1S/C12H17N3/c1-12(2,13)8-7-11-14-9-5-3-4-6-10(9)15-11/h3-6H,7-8,13H2,1-2H3,(H,14,15). The highest BCUT2D eigenvalue weighted by Gasteiger charge is 2.11. The Balaban J connectivity index is 2.16. The molecule has 80 valence electrons. The van der Waals surface area contributed by atoms with Crippen molar-refractivity contribution >= 4 is 11.0 Å². The van der Waals surface area contributed by atoms with E-state index in [0.717, 1.165) is 29.7 Å². The van der Waals surface area contributed by atoms with Gasteiger partial charge in [-0.3, -0.25) is 0 Å². The van der Waals surface area contributed by atoms with Crippen LogP contribution in [0.25, 0.3) is 11.0 Å². The van der Waals surface area contributed by atoms with Gasteiger partial charge in [0, 0.05) is 12.0 Å². The fraction of sp³-hybridized carbons (Fsp3) is 0.417. The predicted octanol–water partition coefficient (Wildman–Crippen LogP) is 2.23. The second-order valence-electron chi connectivity index (χ2n) is 4.69. The third kappa shape index (κ3) is 2.57. The molecule has 3 nitrogen and oxygen atoms in total. The molecule has 0 fully saturated rings. The number of hydrogen-bond donors (Lipinski definition) is 2. The average molecular weight is 203 g/mol. The smallest absolute Gasteiger partial charge is 0.107 e. The maximum Gasteiger partial charge on any atom is 0.107 e. The van der Waals surface area contributed by atoms with Crippen molar-refractivity contribution in [3.8, 4) is 0 Å².